The minimum atomic E-state index is -1.09. The first kappa shape index (κ1) is 14.1. The smallest absolute Gasteiger partial charge is 0.343 e. The standard InChI is InChI=1S/C11H13N5O3S/c1-2-3-16-10(19)14-15-11(16)20-8-7(12)4-6(5-13-8)9(17)18/h4-5H,2-3,12H2,1H3,(H,14,19)(H,17,18). The van der Waals surface area contributed by atoms with Gasteiger partial charge in [0.05, 0.1) is 11.3 Å². The van der Waals surface area contributed by atoms with E-state index in [1.54, 1.807) is 0 Å². The number of carbonyl (C=O) groups is 1. The van der Waals surface area contributed by atoms with Crippen molar-refractivity contribution in [2.45, 2.75) is 30.1 Å². The third-order valence-corrected chi connectivity index (χ3v) is 3.51. The second-order valence-electron chi connectivity index (χ2n) is 3.99. The predicted octanol–water partition coefficient (Wildman–Crippen LogP) is 0.808. The van der Waals surface area contributed by atoms with Crippen LogP contribution in [-0.4, -0.2) is 30.8 Å². The Bertz CT molecular complexity index is 694. The van der Waals surface area contributed by atoms with Crippen LogP contribution in [0.15, 0.2) is 27.2 Å². The van der Waals surface area contributed by atoms with Gasteiger partial charge in [-0.15, -0.1) is 5.10 Å². The maximum atomic E-state index is 11.6. The molecule has 2 aromatic rings. The highest BCUT2D eigenvalue weighted by Gasteiger charge is 2.14. The first-order valence-corrected chi connectivity index (χ1v) is 6.66. The Hall–Kier alpha value is -2.29. The SMILES string of the molecule is CCCn1c(Sc2ncc(C(=O)O)cc2N)n[nH]c1=O. The van der Waals surface area contributed by atoms with Crippen molar-refractivity contribution in [2.75, 3.05) is 5.73 Å². The van der Waals surface area contributed by atoms with E-state index < -0.39 is 5.97 Å². The van der Waals surface area contributed by atoms with Crippen LogP contribution in [0, 0.1) is 0 Å². The van der Waals surface area contributed by atoms with E-state index in [1.807, 2.05) is 6.92 Å². The number of aromatic carboxylic acids is 1. The molecular formula is C11H13N5O3S. The second kappa shape index (κ2) is 5.78. The Labute approximate surface area is 118 Å². The van der Waals surface area contributed by atoms with Crippen molar-refractivity contribution >= 4 is 23.4 Å². The van der Waals surface area contributed by atoms with Crippen LogP contribution in [0.4, 0.5) is 5.69 Å². The number of nitrogen functional groups attached to an aromatic ring is 1. The number of nitrogens with one attached hydrogen (secondary N) is 1. The summed E-state index contributed by atoms with van der Waals surface area (Å²) in [5, 5.41) is 16.0. The molecule has 20 heavy (non-hydrogen) atoms. The molecule has 0 bridgehead atoms. The summed E-state index contributed by atoms with van der Waals surface area (Å²) >= 11 is 1.11. The molecule has 0 aliphatic rings. The van der Waals surface area contributed by atoms with E-state index in [0.29, 0.717) is 16.7 Å². The summed E-state index contributed by atoms with van der Waals surface area (Å²) in [6.07, 6.45) is 2.00. The van der Waals surface area contributed by atoms with Gasteiger partial charge in [0, 0.05) is 12.7 Å². The van der Waals surface area contributed by atoms with Crippen molar-refractivity contribution in [3.05, 3.63) is 28.3 Å². The van der Waals surface area contributed by atoms with Gasteiger partial charge in [-0.2, -0.15) is 0 Å². The van der Waals surface area contributed by atoms with Gasteiger partial charge < -0.3 is 10.8 Å². The highest BCUT2D eigenvalue weighted by atomic mass is 32.2. The molecule has 0 saturated carbocycles. The van der Waals surface area contributed by atoms with Crippen LogP contribution in [0.2, 0.25) is 0 Å². The minimum absolute atomic E-state index is 0.0137. The summed E-state index contributed by atoms with van der Waals surface area (Å²) in [5.41, 5.74) is 5.71. The lowest BCUT2D eigenvalue weighted by atomic mass is 10.3. The van der Waals surface area contributed by atoms with Gasteiger partial charge in [-0.25, -0.2) is 19.7 Å². The van der Waals surface area contributed by atoms with Crippen molar-refractivity contribution in [2.24, 2.45) is 0 Å². The van der Waals surface area contributed by atoms with E-state index in [0.717, 1.165) is 18.2 Å². The van der Waals surface area contributed by atoms with Gasteiger partial charge in [0.2, 0.25) is 0 Å². The number of H-pyrrole nitrogens is 1. The van der Waals surface area contributed by atoms with Crippen LogP contribution in [-0.2, 0) is 6.54 Å². The molecule has 0 aliphatic carbocycles. The Morgan fingerprint density at radius 3 is 2.95 bits per heavy atom. The van der Waals surface area contributed by atoms with Gasteiger partial charge >= 0.3 is 11.7 Å². The number of anilines is 1. The second-order valence-corrected chi connectivity index (χ2v) is 4.94. The minimum Gasteiger partial charge on any atom is -0.478 e. The number of nitrogens with two attached hydrogens (primary N) is 1. The molecule has 0 spiro atoms. The Kier molecular flexibility index (Phi) is 4.08. The van der Waals surface area contributed by atoms with Crippen LogP contribution in [0.5, 0.6) is 0 Å². The maximum Gasteiger partial charge on any atom is 0.343 e. The molecule has 0 amide bonds. The van der Waals surface area contributed by atoms with Crippen LogP contribution in [0.25, 0.3) is 0 Å². The number of pyridine rings is 1. The van der Waals surface area contributed by atoms with Gasteiger partial charge in [-0.3, -0.25) is 4.57 Å². The van der Waals surface area contributed by atoms with Crippen molar-refractivity contribution in [1.82, 2.24) is 19.7 Å². The van der Waals surface area contributed by atoms with E-state index in [1.165, 1.54) is 16.8 Å². The normalized spacial score (nSPS) is 10.7. The highest BCUT2D eigenvalue weighted by molar-refractivity contribution is 7.99. The molecule has 2 aromatic heterocycles. The molecule has 0 saturated heterocycles. The quantitative estimate of drug-likeness (QED) is 0.744. The number of hydrogen-bond donors (Lipinski definition) is 3. The lowest BCUT2D eigenvalue weighted by Gasteiger charge is -2.05. The zero-order chi connectivity index (χ0) is 14.7. The highest BCUT2D eigenvalue weighted by Crippen LogP contribution is 2.28. The summed E-state index contributed by atoms with van der Waals surface area (Å²) in [6.45, 7) is 2.48. The monoisotopic (exact) mass is 295 g/mol. The van der Waals surface area contributed by atoms with Crippen LogP contribution in [0.3, 0.4) is 0 Å². The fraction of sp³-hybridized carbons (Fsp3) is 0.273. The van der Waals surface area contributed by atoms with Gasteiger partial charge in [-0.1, -0.05) is 6.92 Å². The summed E-state index contributed by atoms with van der Waals surface area (Å²) in [6, 6.07) is 1.33. The molecule has 2 rings (SSSR count). The summed E-state index contributed by atoms with van der Waals surface area (Å²) < 4.78 is 1.48. The maximum absolute atomic E-state index is 11.6. The van der Waals surface area contributed by atoms with E-state index in [9.17, 15) is 9.59 Å². The average molecular weight is 295 g/mol. The van der Waals surface area contributed by atoms with Crippen LogP contribution >= 0.6 is 11.8 Å². The van der Waals surface area contributed by atoms with Crippen LogP contribution in [0.1, 0.15) is 23.7 Å². The first-order valence-electron chi connectivity index (χ1n) is 5.84. The lowest BCUT2D eigenvalue weighted by molar-refractivity contribution is 0.0696. The number of aromatic amines is 1. The fourth-order valence-electron chi connectivity index (χ4n) is 1.56. The molecular weight excluding hydrogens is 282 g/mol. The van der Waals surface area contributed by atoms with E-state index >= 15 is 0 Å². The number of aromatic nitrogens is 4. The zero-order valence-electron chi connectivity index (χ0n) is 10.7. The van der Waals surface area contributed by atoms with E-state index in [2.05, 4.69) is 15.2 Å². The summed E-state index contributed by atoms with van der Waals surface area (Å²) in [7, 11) is 0. The van der Waals surface area contributed by atoms with Gasteiger partial charge in [0.25, 0.3) is 0 Å². The molecule has 9 heteroatoms. The first-order chi connectivity index (χ1) is 9.52. The van der Waals surface area contributed by atoms with Crippen molar-refractivity contribution < 1.29 is 9.90 Å². The van der Waals surface area contributed by atoms with Crippen molar-refractivity contribution in [1.29, 1.82) is 0 Å². The third-order valence-electron chi connectivity index (χ3n) is 2.48. The predicted molar refractivity (Wildman–Crippen MR) is 72.9 cm³/mol. The molecule has 0 fully saturated rings. The Morgan fingerprint density at radius 2 is 2.35 bits per heavy atom. The largest absolute Gasteiger partial charge is 0.478 e. The molecule has 0 aromatic carbocycles. The van der Waals surface area contributed by atoms with Gasteiger partial charge in [0.15, 0.2) is 5.16 Å². The summed E-state index contributed by atoms with van der Waals surface area (Å²) in [4.78, 5) is 26.3. The topological polar surface area (TPSA) is 127 Å². The number of hydrogen-bond acceptors (Lipinski definition) is 6. The number of carboxylic acids is 1. The zero-order valence-corrected chi connectivity index (χ0v) is 11.5. The Morgan fingerprint density at radius 1 is 1.60 bits per heavy atom. The molecule has 0 aliphatic heterocycles. The van der Waals surface area contributed by atoms with Gasteiger partial charge in [0.1, 0.15) is 5.03 Å². The van der Waals surface area contributed by atoms with Crippen molar-refractivity contribution in [3.8, 4) is 0 Å². The number of nitrogens with zero attached hydrogens (tertiary/aromatic N) is 3. The average Bonchev–Trinajstić information content (AvgIpc) is 2.74. The van der Waals surface area contributed by atoms with Crippen LogP contribution < -0.4 is 11.4 Å². The Balaban J connectivity index is 2.31. The van der Waals surface area contributed by atoms with Gasteiger partial charge in [-0.05, 0) is 24.2 Å². The summed E-state index contributed by atoms with van der Waals surface area (Å²) in [5.74, 6) is -1.09. The number of carboxylic acid groups (broad SMARTS) is 1. The molecule has 0 atom stereocenters. The molecule has 0 radical (unpaired) electrons. The fourth-order valence-corrected chi connectivity index (χ4v) is 2.39. The molecule has 0 unspecified atom stereocenters. The number of rotatable bonds is 5. The molecule has 4 N–H and O–H groups in total. The lowest BCUT2D eigenvalue weighted by Crippen LogP contribution is -2.17. The van der Waals surface area contributed by atoms with E-state index in [-0.39, 0.29) is 16.9 Å². The third kappa shape index (κ3) is 2.82. The molecule has 2 heterocycles. The van der Waals surface area contributed by atoms with Crippen molar-refractivity contribution in [3.63, 3.8) is 0 Å². The van der Waals surface area contributed by atoms with E-state index in [4.69, 9.17) is 10.8 Å². The molecule has 8 nitrogen and oxygen atoms in total. The molecule has 106 valence electrons.